The highest BCUT2D eigenvalue weighted by molar-refractivity contribution is 5.77. The first-order valence-electron chi connectivity index (χ1n) is 25.7. The van der Waals surface area contributed by atoms with Gasteiger partial charge in [0, 0.05) is 6.42 Å². The van der Waals surface area contributed by atoms with Gasteiger partial charge in [-0.25, -0.2) is 0 Å². The number of unbranched alkanes of at least 4 members (excludes halogenated alkanes) is 22. The Hall–Kier alpha value is -2.70. The van der Waals surface area contributed by atoms with Crippen LogP contribution in [0, 0.1) is 0 Å². The molecule has 0 aromatic carbocycles. The van der Waals surface area contributed by atoms with E-state index < -0.39 is 18.2 Å². The molecule has 6 nitrogen and oxygen atoms in total. The predicted octanol–water partition coefficient (Wildman–Crippen LogP) is 15.4. The topological polar surface area (TPSA) is 95.9 Å². The zero-order chi connectivity index (χ0) is 44.5. The van der Waals surface area contributed by atoms with Crippen molar-refractivity contribution < 1.29 is 24.5 Å². The van der Waals surface area contributed by atoms with E-state index in [-0.39, 0.29) is 24.9 Å². The van der Waals surface area contributed by atoms with Gasteiger partial charge >= 0.3 is 5.97 Å². The van der Waals surface area contributed by atoms with Crippen molar-refractivity contribution in [2.24, 2.45) is 0 Å². The minimum Gasteiger partial charge on any atom is -0.462 e. The minimum atomic E-state index is -0.808. The van der Waals surface area contributed by atoms with Crippen LogP contribution in [0.25, 0.3) is 0 Å². The van der Waals surface area contributed by atoms with Gasteiger partial charge in [-0.3, -0.25) is 9.59 Å². The van der Waals surface area contributed by atoms with Gasteiger partial charge in [-0.05, 0) is 83.5 Å². The molecule has 0 rings (SSSR count). The van der Waals surface area contributed by atoms with Crippen LogP contribution in [-0.2, 0) is 14.3 Å². The number of ether oxygens (including phenoxy) is 1. The van der Waals surface area contributed by atoms with Crippen LogP contribution in [0.3, 0.4) is 0 Å². The third kappa shape index (κ3) is 43.7. The molecule has 0 saturated heterocycles. The van der Waals surface area contributed by atoms with Crippen molar-refractivity contribution in [3.8, 4) is 0 Å². The number of carbonyl (C=O) groups is 2. The molecule has 352 valence electrons. The van der Waals surface area contributed by atoms with Crippen LogP contribution in [0.15, 0.2) is 72.9 Å². The summed E-state index contributed by atoms with van der Waals surface area (Å²) in [6, 6.07) is -0.726. The van der Waals surface area contributed by atoms with Gasteiger partial charge < -0.3 is 20.3 Å². The summed E-state index contributed by atoms with van der Waals surface area (Å²) in [5, 5.41) is 23.7. The van der Waals surface area contributed by atoms with Crippen LogP contribution in [0.2, 0.25) is 0 Å². The second-order valence-corrected chi connectivity index (χ2v) is 17.2. The molecule has 0 saturated carbocycles. The molecular weight excluding hydrogens is 755 g/mol. The quantitative estimate of drug-likeness (QED) is 0.0245. The fourth-order valence-corrected chi connectivity index (χ4v) is 7.42. The molecular formula is C55H97NO5. The van der Waals surface area contributed by atoms with Gasteiger partial charge in [-0.2, -0.15) is 0 Å². The summed E-state index contributed by atoms with van der Waals surface area (Å²) < 4.78 is 5.89. The van der Waals surface area contributed by atoms with Gasteiger partial charge in [-0.1, -0.05) is 216 Å². The molecule has 0 spiro atoms. The number of aliphatic hydroxyl groups excluding tert-OH is 2. The number of allylic oxidation sites excluding steroid dienone is 12. The first-order valence-corrected chi connectivity index (χ1v) is 25.7. The lowest BCUT2D eigenvalue weighted by molar-refractivity contribution is -0.151. The summed E-state index contributed by atoms with van der Waals surface area (Å²) in [4.78, 5) is 26.1. The number of esters is 1. The van der Waals surface area contributed by atoms with Crippen LogP contribution in [0.5, 0.6) is 0 Å². The number of hydrogen-bond donors (Lipinski definition) is 3. The third-order valence-corrected chi connectivity index (χ3v) is 11.3. The van der Waals surface area contributed by atoms with Gasteiger partial charge in [0.25, 0.3) is 0 Å². The van der Waals surface area contributed by atoms with Gasteiger partial charge in [0.05, 0.1) is 25.2 Å². The molecule has 61 heavy (non-hydrogen) atoms. The normalized spacial score (nSPS) is 13.9. The van der Waals surface area contributed by atoms with E-state index in [1.807, 2.05) is 0 Å². The molecule has 0 aromatic heterocycles. The predicted molar refractivity (Wildman–Crippen MR) is 264 cm³/mol. The van der Waals surface area contributed by atoms with Crippen molar-refractivity contribution in [2.45, 2.75) is 257 Å². The van der Waals surface area contributed by atoms with Crippen molar-refractivity contribution >= 4 is 11.9 Å². The van der Waals surface area contributed by atoms with E-state index in [1.54, 1.807) is 0 Å². The van der Waals surface area contributed by atoms with Crippen molar-refractivity contribution in [3.05, 3.63) is 72.9 Å². The Labute approximate surface area is 377 Å². The smallest absolute Gasteiger partial charge is 0.306 e. The average molecular weight is 852 g/mol. The van der Waals surface area contributed by atoms with E-state index in [2.05, 4.69) is 99.0 Å². The van der Waals surface area contributed by atoms with Crippen LogP contribution in [0.4, 0.5) is 0 Å². The lowest BCUT2D eigenvalue weighted by Crippen LogP contribution is -2.46. The summed E-state index contributed by atoms with van der Waals surface area (Å²) in [5.41, 5.74) is 0. The summed E-state index contributed by atoms with van der Waals surface area (Å²) >= 11 is 0. The molecule has 3 unspecified atom stereocenters. The molecule has 0 bridgehead atoms. The van der Waals surface area contributed by atoms with Gasteiger partial charge in [0.1, 0.15) is 6.10 Å². The number of amides is 1. The Morgan fingerprint density at radius 2 is 0.951 bits per heavy atom. The number of hydrogen-bond acceptors (Lipinski definition) is 5. The number of carbonyl (C=O) groups excluding carboxylic acids is 2. The molecule has 0 aliphatic heterocycles. The van der Waals surface area contributed by atoms with E-state index in [0.29, 0.717) is 19.3 Å². The van der Waals surface area contributed by atoms with E-state index >= 15 is 0 Å². The summed E-state index contributed by atoms with van der Waals surface area (Å²) in [5.74, 6) is -0.562. The van der Waals surface area contributed by atoms with E-state index in [9.17, 15) is 19.8 Å². The maximum absolute atomic E-state index is 13.2. The first kappa shape index (κ1) is 58.3. The standard InChI is InChI=1S/C55H97NO5/c1-4-7-10-13-16-19-22-25-27-28-30-33-36-39-42-45-48-55(60)61-51(46-43-40-37-34-31-29-26-23-20-17-14-11-8-5-2)49-54(59)56-52(50-57)53(58)47-44-41-38-35-32-24-21-18-15-12-9-6-3/h8,11,17,20,26-30,33-34,37,51-53,57-58H,4-7,9-10,12-16,18-19,21-25,31-32,35-36,38-50H2,1-3H3,(H,56,59)/b11-8+,20-17+,28-27+,29-26+,33-30+,37-34+. The molecule has 0 aromatic rings. The molecule has 0 radical (unpaired) electrons. The zero-order valence-corrected chi connectivity index (χ0v) is 40.0. The largest absolute Gasteiger partial charge is 0.462 e. The highest BCUT2D eigenvalue weighted by Gasteiger charge is 2.24. The maximum Gasteiger partial charge on any atom is 0.306 e. The Bertz CT molecular complexity index is 1140. The Balaban J connectivity index is 4.72. The number of rotatable bonds is 45. The van der Waals surface area contributed by atoms with Crippen molar-refractivity contribution in [1.29, 1.82) is 0 Å². The molecule has 0 aliphatic rings. The van der Waals surface area contributed by atoms with Crippen molar-refractivity contribution in [3.63, 3.8) is 0 Å². The lowest BCUT2D eigenvalue weighted by Gasteiger charge is -2.24. The van der Waals surface area contributed by atoms with Gasteiger partial charge in [0.15, 0.2) is 0 Å². The van der Waals surface area contributed by atoms with E-state index in [4.69, 9.17) is 4.74 Å². The highest BCUT2D eigenvalue weighted by atomic mass is 16.5. The average Bonchev–Trinajstić information content (AvgIpc) is 3.25. The summed E-state index contributed by atoms with van der Waals surface area (Å²) in [6.45, 7) is 6.33. The third-order valence-electron chi connectivity index (χ3n) is 11.3. The van der Waals surface area contributed by atoms with Crippen LogP contribution in [0.1, 0.15) is 239 Å². The van der Waals surface area contributed by atoms with Gasteiger partial charge in [-0.15, -0.1) is 0 Å². The molecule has 1 amide bonds. The Kier molecular flexibility index (Phi) is 46.2. The SMILES string of the molecule is CC/C=C/C/C=C/C/C=C/C/C=C/CCCC(CC(=O)NC(CO)C(O)CCCCCCCCCCCCCC)OC(=O)CCCCC/C=C/C=C/CCCCCCCCC. The monoisotopic (exact) mass is 852 g/mol. The lowest BCUT2D eigenvalue weighted by atomic mass is 10.0. The second kappa shape index (κ2) is 48.3. The van der Waals surface area contributed by atoms with Crippen molar-refractivity contribution in [2.75, 3.05) is 6.61 Å². The summed E-state index contributed by atoms with van der Waals surface area (Å²) in [6.07, 6.45) is 61.1. The summed E-state index contributed by atoms with van der Waals surface area (Å²) in [7, 11) is 0. The molecule has 0 fully saturated rings. The second-order valence-electron chi connectivity index (χ2n) is 17.2. The van der Waals surface area contributed by atoms with Gasteiger partial charge in [0.2, 0.25) is 5.91 Å². The van der Waals surface area contributed by atoms with E-state index in [1.165, 1.54) is 103 Å². The number of aliphatic hydroxyl groups is 2. The minimum absolute atomic E-state index is 0.0268. The van der Waals surface area contributed by atoms with Crippen LogP contribution < -0.4 is 5.32 Å². The molecule has 6 heteroatoms. The first-order chi connectivity index (χ1) is 30.0. The van der Waals surface area contributed by atoms with Crippen LogP contribution >= 0.6 is 0 Å². The maximum atomic E-state index is 13.2. The molecule has 3 atom stereocenters. The molecule has 0 heterocycles. The fourth-order valence-electron chi connectivity index (χ4n) is 7.42. The Morgan fingerprint density at radius 3 is 1.46 bits per heavy atom. The molecule has 3 N–H and O–H groups in total. The fraction of sp³-hybridized carbons (Fsp3) is 0.745. The van der Waals surface area contributed by atoms with E-state index in [0.717, 1.165) is 89.9 Å². The zero-order valence-electron chi connectivity index (χ0n) is 40.0. The highest BCUT2D eigenvalue weighted by Crippen LogP contribution is 2.16. The van der Waals surface area contributed by atoms with Crippen LogP contribution in [-0.4, -0.2) is 46.9 Å². The number of nitrogens with one attached hydrogen (secondary N) is 1. The molecule has 0 aliphatic carbocycles. The van der Waals surface area contributed by atoms with Crippen molar-refractivity contribution in [1.82, 2.24) is 5.32 Å². The Morgan fingerprint density at radius 1 is 0.508 bits per heavy atom.